The normalized spacial score (nSPS) is 19.9. The van der Waals surface area contributed by atoms with Crippen LogP contribution in [0.1, 0.15) is 175 Å². The van der Waals surface area contributed by atoms with Crippen molar-refractivity contribution in [3.05, 3.63) is 120 Å². The molecule has 2 aliphatic carbocycles. The molecule has 0 unspecified atom stereocenters. The Morgan fingerprint density at radius 1 is 0.550 bits per heavy atom. The lowest BCUT2D eigenvalue weighted by Gasteiger charge is -2.26. The Kier molecular flexibility index (Phi) is 21.4. The first kappa shape index (κ1) is 46.7. The van der Waals surface area contributed by atoms with Crippen LogP contribution in [0.3, 0.4) is 0 Å². The summed E-state index contributed by atoms with van der Waals surface area (Å²) < 4.78 is 23.5. The van der Waals surface area contributed by atoms with Gasteiger partial charge in [0.25, 0.3) is 0 Å². The molecule has 0 aromatic heterocycles. The lowest BCUT2D eigenvalue weighted by molar-refractivity contribution is -0.00134. The molecule has 6 heteroatoms. The number of unbranched alkanes of at least 4 members (excludes halogenated alkanes) is 8. The second-order valence-corrected chi connectivity index (χ2v) is 17.4. The van der Waals surface area contributed by atoms with Crippen molar-refractivity contribution < 1.29 is 28.5 Å². The summed E-state index contributed by atoms with van der Waals surface area (Å²) in [5.74, 6) is 3.51. The van der Waals surface area contributed by atoms with Gasteiger partial charge in [-0.25, -0.2) is 9.59 Å². The van der Waals surface area contributed by atoms with Gasteiger partial charge in [0, 0.05) is 0 Å². The Bertz CT molecular complexity index is 1660. The summed E-state index contributed by atoms with van der Waals surface area (Å²) in [4.78, 5) is 26.4. The maximum absolute atomic E-state index is 13.3. The minimum absolute atomic E-state index is 0.118. The van der Waals surface area contributed by atoms with Gasteiger partial charge in [0.1, 0.15) is 31.3 Å². The van der Waals surface area contributed by atoms with E-state index >= 15 is 0 Å². The van der Waals surface area contributed by atoms with Gasteiger partial charge in [-0.2, -0.15) is 0 Å². The predicted octanol–water partition coefficient (Wildman–Crippen LogP) is 14.6. The minimum atomic E-state index is -0.774. The molecule has 0 N–H and O–H groups in total. The van der Waals surface area contributed by atoms with Crippen molar-refractivity contribution in [3.63, 3.8) is 0 Å². The van der Waals surface area contributed by atoms with Gasteiger partial charge in [-0.15, -0.1) is 0 Å². The van der Waals surface area contributed by atoms with Crippen LogP contribution in [-0.2, 0) is 9.47 Å². The van der Waals surface area contributed by atoms with Crippen LogP contribution in [0.5, 0.6) is 11.5 Å². The maximum atomic E-state index is 13.3. The van der Waals surface area contributed by atoms with Gasteiger partial charge in [0.05, 0.1) is 11.1 Å². The number of rotatable bonds is 26. The van der Waals surface area contributed by atoms with Crippen molar-refractivity contribution in [3.8, 4) is 11.5 Å². The highest BCUT2D eigenvalue weighted by molar-refractivity contribution is 5.90. The van der Waals surface area contributed by atoms with Gasteiger partial charge in [-0.1, -0.05) is 146 Å². The fourth-order valence-corrected chi connectivity index (χ4v) is 8.87. The average Bonchev–Trinajstić information content (AvgIpc) is 3.29. The smallest absolute Gasteiger partial charge is 0.338 e. The molecular formula is C54H74O6. The molecule has 3 aromatic carbocycles. The molecule has 60 heavy (non-hydrogen) atoms. The van der Waals surface area contributed by atoms with Gasteiger partial charge in [0.15, 0.2) is 6.10 Å². The molecule has 6 nitrogen and oxygen atoms in total. The van der Waals surface area contributed by atoms with E-state index in [0.29, 0.717) is 47.7 Å². The molecule has 0 bridgehead atoms. The largest absolute Gasteiger partial charge is 0.490 e. The van der Waals surface area contributed by atoms with Crippen molar-refractivity contribution in [1.29, 1.82) is 0 Å². The Morgan fingerprint density at radius 3 is 1.47 bits per heavy atom. The van der Waals surface area contributed by atoms with Crippen molar-refractivity contribution in [1.82, 2.24) is 0 Å². The highest BCUT2D eigenvalue weighted by atomic mass is 16.6. The van der Waals surface area contributed by atoms with E-state index in [2.05, 4.69) is 38.2 Å². The van der Waals surface area contributed by atoms with E-state index in [1.54, 1.807) is 48.5 Å². The summed E-state index contributed by atoms with van der Waals surface area (Å²) in [6, 6.07) is 23.3. The zero-order chi connectivity index (χ0) is 42.0. The number of esters is 2. The van der Waals surface area contributed by atoms with E-state index in [9.17, 15) is 9.59 Å². The summed E-state index contributed by atoms with van der Waals surface area (Å²) in [5, 5.41) is 0. The molecule has 3 aromatic rings. The zero-order valence-corrected chi connectivity index (χ0v) is 36.9. The molecule has 5 rings (SSSR count). The third-order valence-corrected chi connectivity index (χ3v) is 12.7. The van der Waals surface area contributed by atoms with Crippen LogP contribution in [0.2, 0.25) is 0 Å². The highest BCUT2D eigenvalue weighted by Crippen LogP contribution is 2.34. The molecule has 0 radical (unpaired) electrons. The lowest BCUT2D eigenvalue weighted by atomic mass is 9.79. The second-order valence-electron chi connectivity index (χ2n) is 17.4. The van der Waals surface area contributed by atoms with E-state index in [1.165, 1.54) is 128 Å². The maximum Gasteiger partial charge on any atom is 0.338 e. The zero-order valence-electron chi connectivity index (χ0n) is 36.9. The number of ether oxygens (including phenoxy) is 4. The molecular weight excluding hydrogens is 745 g/mol. The standard InChI is InChI=1S/C54H74O6/c1-3-5-7-9-12-18-43-24-28-45(29-25-43)20-16-40-57-50-36-32-48(33-37-50)53(55)59-42-52(47-22-14-11-15-23-47)60-54(56)49-34-38-51(39-35-49)58-41-17-21-46-30-26-44(27-31-46)19-13-10-8-6-4-2/h11,14-17,20-23,32-39,43-46,52H,3-10,12-13,18-19,24-31,40-42H2,1-2H3/b20-16+,21-17+/t43-,44-,45-,46-,52-/m0/s1. The number of allylic oxidation sites excluding steroid dienone is 2. The van der Waals surface area contributed by atoms with Gasteiger partial charge in [-0.05, 0) is 129 Å². The number of hydrogen-bond donors (Lipinski definition) is 0. The van der Waals surface area contributed by atoms with Crippen LogP contribution < -0.4 is 9.47 Å². The summed E-state index contributed by atoms with van der Waals surface area (Å²) in [6.07, 6.45) is 35.1. The van der Waals surface area contributed by atoms with Crippen molar-refractivity contribution in [2.24, 2.45) is 23.7 Å². The monoisotopic (exact) mass is 819 g/mol. The molecule has 1 atom stereocenters. The van der Waals surface area contributed by atoms with Gasteiger partial charge in [-0.3, -0.25) is 0 Å². The van der Waals surface area contributed by atoms with Crippen LogP contribution >= 0.6 is 0 Å². The first-order valence-corrected chi connectivity index (χ1v) is 23.7. The molecule has 0 heterocycles. The van der Waals surface area contributed by atoms with E-state index in [1.807, 2.05) is 30.3 Å². The van der Waals surface area contributed by atoms with Crippen molar-refractivity contribution >= 4 is 11.9 Å². The van der Waals surface area contributed by atoms with Gasteiger partial charge in [0.2, 0.25) is 0 Å². The van der Waals surface area contributed by atoms with E-state index < -0.39 is 18.0 Å². The lowest BCUT2D eigenvalue weighted by Crippen LogP contribution is -2.19. The molecule has 2 saturated carbocycles. The summed E-state index contributed by atoms with van der Waals surface area (Å²) in [7, 11) is 0. The van der Waals surface area contributed by atoms with E-state index in [0.717, 1.165) is 17.4 Å². The minimum Gasteiger partial charge on any atom is -0.490 e. The Labute approximate surface area is 362 Å². The molecule has 2 fully saturated rings. The summed E-state index contributed by atoms with van der Waals surface area (Å²) in [5.41, 5.74) is 1.54. The Morgan fingerprint density at radius 2 is 1.00 bits per heavy atom. The van der Waals surface area contributed by atoms with Crippen LogP contribution in [0.25, 0.3) is 0 Å². The summed E-state index contributed by atoms with van der Waals surface area (Å²) in [6.45, 7) is 5.43. The third kappa shape index (κ3) is 17.3. The molecule has 2 aliphatic rings. The van der Waals surface area contributed by atoms with Crippen LogP contribution in [0.15, 0.2) is 103 Å². The van der Waals surface area contributed by atoms with E-state index in [-0.39, 0.29) is 6.61 Å². The topological polar surface area (TPSA) is 71.1 Å². The SMILES string of the molecule is CCCCCCC[C@H]1CC[C@H](/C=C/COc2ccc(C(=O)OC[C@H](OC(=O)c3ccc(OC/C=C/[C@H]4CC[C@H](CCCCCCC)CC4)cc3)c3ccccc3)cc2)CC1. The van der Waals surface area contributed by atoms with Crippen molar-refractivity contribution in [2.45, 2.75) is 148 Å². The molecule has 0 saturated heterocycles. The van der Waals surface area contributed by atoms with Crippen LogP contribution in [0, 0.1) is 23.7 Å². The second kappa shape index (κ2) is 27.5. The summed E-state index contributed by atoms with van der Waals surface area (Å²) >= 11 is 0. The molecule has 0 aliphatic heterocycles. The molecule has 0 spiro atoms. The van der Waals surface area contributed by atoms with Crippen LogP contribution in [-0.4, -0.2) is 31.8 Å². The Hall–Kier alpha value is -4.32. The number of hydrogen-bond acceptors (Lipinski definition) is 6. The highest BCUT2D eigenvalue weighted by Gasteiger charge is 2.22. The number of carbonyl (C=O) groups excluding carboxylic acids is 2. The van der Waals surface area contributed by atoms with E-state index in [4.69, 9.17) is 18.9 Å². The predicted molar refractivity (Wildman–Crippen MR) is 245 cm³/mol. The first-order chi connectivity index (χ1) is 29.5. The molecule has 0 amide bonds. The average molecular weight is 819 g/mol. The number of benzene rings is 3. The molecule has 326 valence electrons. The fourth-order valence-electron chi connectivity index (χ4n) is 8.87. The Balaban J connectivity index is 0.996. The van der Waals surface area contributed by atoms with Gasteiger partial charge >= 0.3 is 11.9 Å². The fraction of sp³-hybridized carbons (Fsp3) is 0.556. The number of carbonyl (C=O) groups is 2. The van der Waals surface area contributed by atoms with Crippen molar-refractivity contribution in [2.75, 3.05) is 19.8 Å². The third-order valence-electron chi connectivity index (χ3n) is 12.7. The first-order valence-electron chi connectivity index (χ1n) is 23.7. The van der Waals surface area contributed by atoms with Crippen LogP contribution in [0.4, 0.5) is 0 Å². The van der Waals surface area contributed by atoms with Gasteiger partial charge < -0.3 is 18.9 Å². The quantitative estimate of drug-likeness (QED) is 0.0456.